The summed E-state index contributed by atoms with van der Waals surface area (Å²) < 4.78 is 26.1. The number of amides is 1. The van der Waals surface area contributed by atoms with Gasteiger partial charge in [-0.2, -0.15) is 0 Å². The van der Waals surface area contributed by atoms with Crippen LogP contribution < -0.4 is 11.5 Å². The predicted octanol–water partition coefficient (Wildman–Crippen LogP) is 0.296. The number of piperidine rings is 1. The second kappa shape index (κ2) is 5.80. The van der Waals surface area contributed by atoms with Crippen molar-refractivity contribution in [2.75, 3.05) is 18.8 Å². The first-order valence-corrected chi connectivity index (χ1v) is 8.11. The number of carbonyl (C=O) groups is 1. The minimum Gasteiger partial charge on any atom is -0.398 e. The number of hydrogen-bond donors (Lipinski definition) is 2. The molecule has 7 heteroatoms. The monoisotopic (exact) mass is 297 g/mol. The normalized spacial score (nSPS) is 20.7. The highest BCUT2D eigenvalue weighted by atomic mass is 32.2. The van der Waals surface area contributed by atoms with Crippen LogP contribution in [0.4, 0.5) is 5.69 Å². The third-order valence-electron chi connectivity index (χ3n) is 3.57. The van der Waals surface area contributed by atoms with Gasteiger partial charge in [0, 0.05) is 18.8 Å². The summed E-state index contributed by atoms with van der Waals surface area (Å²) >= 11 is 0. The Morgan fingerprint density at radius 2 is 2.05 bits per heavy atom. The first-order valence-electron chi connectivity index (χ1n) is 6.50. The Kier molecular flexibility index (Phi) is 4.29. The van der Waals surface area contributed by atoms with Crippen molar-refractivity contribution in [2.45, 2.75) is 18.6 Å². The molecule has 20 heavy (non-hydrogen) atoms. The maximum absolute atomic E-state index is 12.4. The van der Waals surface area contributed by atoms with E-state index in [2.05, 4.69) is 0 Å². The van der Waals surface area contributed by atoms with Crippen molar-refractivity contribution in [3.05, 3.63) is 29.8 Å². The highest BCUT2D eigenvalue weighted by Gasteiger charge is 2.31. The molecule has 1 aliphatic heterocycles. The molecule has 1 fully saturated rings. The summed E-state index contributed by atoms with van der Waals surface area (Å²) in [4.78, 5) is 11.2. The van der Waals surface area contributed by atoms with Crippen LogP contribution in [0.1, 0.15) is 18.4 Å². The van der Waals surface area contributed by atoms with E-state index in [0.717, 1.165) is 0 Å². The zero-order valence-electron chi connectivity index (χ0n) is 11.2. The fourth-order valence-electron chi connectivity index (χ4n) is 2.38. The molecule has 4 N–H and O–H groups in total. The van der Waals surface area contributed by atoms with E-state index in [1.54, 1.807) is 24.3 Å². The Morgan fingerprint density at radius 1 is 1.35 bits per heavy atom. The van der Waals surface area contributed by atoms with Gasteiger partial charge in [0.25, 0.3) is 0 Å². The van der Waals surface area contributed by atoms with Crippen LogP contribution in [0.2, 0.25) is 0 Å². The zero-order chi connectivity index (χ0) is 14.8. The molecule has 0 saturated carbocycles. The van der Waals surface area contributed by atoms with Crippen molar-refractivity contribution < 1.29 is 13.2 Å². The standard InChI is InChI=1S/C13H19N3O3S/c14-12-6-2-1-4-11(12)9-20(18,19)16-7-3-5-10(8-16)13(15)17/h1-2,4,6,10H,3,5,7-9,14H2,(H2,15,17). The Bertz CT molecular complexity index is 601. The summed E-state index contributed by atoms with van der Waals surface area (Å²) in [5.74, 6) is -0.985. The van der Waals surface area contributed by atoms with E-state index in [9.17, 15) is 13.2 Å². The van der Waals surface area contributed by atoms with Crippen molar-refractivity contribution in [3.63, 3.8) is 0 Å². The van der Waals surface area contributed by atoms with Gasteiger partial charge in [-0.3, -0.25) is 4.79 Å². The highest BCUT2D eigenvalue weighted by Crippen LogP contribution is 2.22. The largest absolute Gasteiger partial charge is 0.398 e. The van der Waals surface area contributed by atoms with Crippen molar-refractivity contribution in [3.8, 4) is 0 Å². The van der Waals surface area contributed by atoms with Crippen molar-refractivity contribution in [1.82, 2.24) is 4.31 Å². The zero-order valence-corrected chi connectivity index (χ0v) is 12.0. The molecule has 2 rings (SSSR count). The summed E-state index contributed by atoms with van der Waals surface area (Å²) in [6.45, 7) is 0.600. The smallest absolute Gasteiger partial charge is 0.221 e. The van der Waals surface area contributed by atoms with Crippen LogP contribution in [0.5, 0.6) is 0 Å². The van der Waals surface area contributed by atoms with Gasteiger partial charge in [-0.25, -0.2) is 12.7 Å². The van der Waals surface area contributed by atoms with Crippen LogP contribution in [0.25, 0.3) is 0 Å². The molecule has 1 aromatic rings. The molecule has 1 saturated heterocycles. The molecule has 0 aliphatic carbocycles. The Balaban J connectivity index is 2.14. The number of para-hydroxylation sites is 1. The molecule has 0 bridgehead atoms. The van der Waals surface area contributed by atoms with Crippen LogP contribution >= 0.6 is 0 Å². The van der Waals surface area contributed by atoms with Crippen LogP contribution in [-0.4, -0.2) is 31.7 Å². The lowest BCUT2D eigenvalue weighted by atomic mass is 9.99. The molecule has 110 valence electrons. The minimum absolute atomic E-state index is 0.148. The van der Waals surface area contributed by atoms with E-state index in [1.165, 1.54) is 4.31 Å². The summed E-state index contributed by atoms with van der Waals surface area (Å²) in [6, 6.07) is 6.88. The van der Waals surface area contributed by atoms with Gasteiger partial charge < -0.3 is 11.5 Å². The topological polar surface area (TPSA) is 106 Å². The number of rotatable bonds is 4. The minimum atomic E-state index is -3.48. The number of primary amides is 1. The molecule has 1 heterocycles. The maximum atomic E-state index is 12.4. The number of sulfonamides is 1. The summed E-state index contributed by atoms with van der Waals surface area (Å²) in [7, 11) is -3.48. The predicted molar refractivity (Wildman–Crippen MR) is 77.0 cm³/mol. The highest BCUT2D eigenvalue weighted by molar-refractivity contribution is 7.88. The van der Waals surface area contributed by atoms with Crippen LogP contribution in [0.3, 0.4) is 0 Å². The van der Waals surface area contributed by atoms with E-state index >= 15 is 0 Å². The van der Waals surface area contributed by atoms with Crippen molar-refractivity contribution in [1.29, 1.82) is 0 Å². The van der Waals surface area contributed by atoms with Crippen molar-refractivity contribution >= 4 is 21.6 Å². The van der Waals surface area contributed by atoms with Crippen LogP contribution in [-0.2, 0) is 20.6 Å². The molecule has 0 spiro atoms. The van der Waals surface area contributed by atoms with Gasteiger partial charge in [0.05, 0.1) is 11.7 Å². The fourth-order valence-corrected chi connectivity index (χ4v) is 4.03. The molecule has 1 amide bonds. The van der Waals surface area contributed by atoms with Gasteiger partial charge >= 0.3 is 0 Å². The molecular formula is C13H19N3O3S. The summed E-state index contributed by atoms with van der Waals surface area (Å²) in [5, 5.41) is 0. The number of hydrogen-bond acceptors (Lipinski definition) is 4. The van der Waals surface area contributed by atoms with E-state index in [4.69, 9.17) is 11.5 Å². The quantitative estimate of drug-likeness (QED) is 0.779. The lowest BCUT2D eigenvalue weighted by Gasteiger charge is -2.30. The maximum Gasteiger partial charge on any atom is 0.221 e. The van der Waals surface area contributed by atoms with Gasteiger partial charge in [-0.15, -0.1) is 0 Å². The molecule has 1 unspecified atom stereocenters. The SMILES string of the molecule is NC(=O)C1CCCN(S(=O)(=O)Cc2ccccc2N)C1. The van der Waals surface area contributed by atoms with E-state index in [-0.39, 0.29) is 12.3 Å². The van der Waals surface area contributed by atoms with Crippen molar-refractivity contribution in [2.24, 2.45) is 11.7 Å². The number of anilines is 1. The van der Waals surface area contributed by atoms with Gasteiger partial charge in [0.2, 0.25) is 15.9 Å². The number of benzene rings is 1. The second-order valence-electron chi connectivity index (χ2n) is 5.05. The Hall–Kier alpha value is -1.60. The van der Waals surface area contributed by atoms with Crippen LogP contribution in [0, 0.1) is 5.92 Å². The van der Waals surface area contributed by atoms with Crippen LogP contribution in [0.15, 0.2) is 24.3 Å². The third kappa shape index (κ3) is 3.29. The fraction of sp³-hybridized carbons (Fsp3) is 0.462. The van der Waals surface area contributed by atoms with E-state index < -0.39 is 21.8 Å². The van der Waals surface area contributed by atoms with Gasteiger partial charge in [0.15, 0.2) is 0 Å². The lowest BCUT2D eigenvalue weighted by Crippen LogP contribution is -2.44. The molecular weight excluding hydrogens is 278 g/mol. The first-order chi connectivity index (χ1) is 9.40. The molecule has 6 nitrogen and oxygen atoms in total. The number of nitrogen functional groups attached to an aromatic ring is 1. The summed E-state index contributed by atoms with van der Waals surface area (Å²) in [6.07, 6.45) is 1.30. The average molecular weight is 297 g/mol. The first kappa shape index (κ1) is 14.8. The Morgan fingerprint density at radius 3 is 2.70 bits per heavy atom. The third-order valence-corrected chi connectivity index (χ3v) is 5.37. The average Bonchev–Trinajstić information content (AvgIpc) is 2.41. The molecule has 0 radical (unpaired) electrons. The second-order valence-corrected chi connectivity index (χ2v) is 7.02. The lowest BCUT2D eigenvalue weighted by molar-refractivity contribution is -0.122. The van der Waals surface area contributed by atoms with E-state index in [0.29, 0.717) is 30.6 Å². The Labute approximate surface area is 118 Å². The molecule has 1 aromatic carbocycles. The molecule has 0 aromatic heterocycles. The molecule has 1 atom stereocenters. The number of nitrogens with zero attached hydrogens (tertiary/aromatic N) is 1. The molecule has 1 aliphatic rings. The van der Waals surface area contributed by atoms with Gasteiger partial charge in [-0.1, -0.05) is 18.2 Å². The number of carbonyl (C=O) groups excluding carboxylic acids is 1. The number of nitrogens with two attached hydrogens (primary N) is 2. The van der Waals surface area contributed by atoms with Gasteiger partial charge in [0.1, 0.15) is 0 Å². The summed E-state index contributed by atoms with van der Waals surface area (Å²) in [5.41, 5.74) is 12.1. The van der Waals surface area contributed by atoms with E-state index in [1.807, 2.05) is 0 Å². The van der Waals surface area contributed by atoms with Gasteiger partial charge in [-0.05, 0) is 24.5 Å².